The number of benzene rings is 4. The molecule has 0 radical (unpaired) electrons. The van der Waals surface area contributed by atoms with Crippen molar-refractivity contribution in [2.45, 2.75) is 9.79 Å². The summed E-state index contributed by atoms with van der Waals surface area (Å²) < 4.78 is 10.6. The maximum absolute atomic E-state index is 13.0. The van der Waals surface area contributed by atoms with Crippen LogP contribution in [-0.4, -0.2) is 26.0 Å². The van der Waals surface area contributed by atoms with Crippen LogP contribution in [0, 0.1) is 0 Å². The molecule has 38 heavy (non-hydrogen) atoms. The summed E-state index contributed by atoms with van der Waals surface area (Å²) >= 11 is 12.2. The molecular formula is C28H22Cl2N2O4S2. The molecule has 0 bridgehead atoms. The average molecular weight is 586 g/mol. The molecule has 0 unspecified atom stereocenters. The van der Waals surface area contributed by atoms with E-state index in [1.807, 2.05) is 48.5 Å². The summed E-state index contributed by atoms with van der Waals surface area (Å²) in [5.74, 6) is 0.163. The van der Waals surface area contributed by atoms with Crippen molar-refractivity contribution in [3.63, 3.8) is 0 Å². The quantitative estimate of drug-likeness (QED) is 0.193. The molecule has 0 aliphatic rings. The first kappa shape index (κ1) is 27.7. The maximum Gasteiger partial charge on any atom is 0.259 e. The Kier molecular flexibility index (Phi) is 9.47. The summed E-state index contributed by atoms with van der Waals surface area (Å²) in [4.78, 5) is 27.7. The van der Waals surface area contributed by atoms with Gasteiger partial charge in [-0.2, -0.15) is 0 Å². The average Bonchev–Trinajstić information content (AvgIpc) is 2.93. The van der Waals surface area contributed by atoms with Crippen molar-refractivity contribution in [1.82, 2.24) is 0 Å². The molecule has 2 N–H and O–H groups in total. The number of carbonyl (C=O) groups excluding carboxylic acids is 2. The van der Waals surface area contributed by atoms with E-state index >= 15 is 0 Å². The molecule has 0 saturated heterocycles. The number of nitrogens with one attached hydrogen (secondary N) is 2. The Hall–Kier alpha value is -3.30. The molecule has 0 aliphatic heterocycles. The molecule has 0 heterocycles. The molecule has 4 rings (SSSR count). The highest BCUT2D eigenvalue weighted by Gasteiger charge is 2.17. The molecule has 194 valence electrons. The third-order valence-corrected chi connectivity index (χ3v) is 8.26. The zero-order chi connectivity index (χ0) is 27.1. The first-order valence-corrected chi connectivity index (χ1v) is 14.1. The lowest BCUT2D eigenvalue weighted by Gasteiger charge is -2.14. The molecule has 4 aromatic carbocycles. The fraction of sp³-hybridized carbons (Fsp3) is 0.0714. The first-order valence-electron chi connectivity index (χ1n) is 11.2. The van der Waals surface area contributed by atoms with Gasteiger partial charge in [-0.3, -0.25) is 9.59 Å². The highest BCUT2D eigenvalue weighted by atomic mass is 35.5. The summed E-state index contributed by atoms with van der Waals surface area (Å²) in [5, 5.41) is 6.75. The van der Waals surface area contributed by atoms with E-state index in [2.05, 4.69) is 10.6 Å². The molecule has 6 nitrogen and oxygen atoms in total. The summed E-state index contributed by atoms with van der Waals surface area (Å²) in [6.45, 7) is 0. The smallest absolute Gasteiger partial charge is 0.259 e. The lowest BCUT2D eigenvalue weighted by atomic mass is 10.2. The van der Waals surface area contributed by atoms with Crippen molar-refractivity contribution in [2.75, 3.05) is 24.9 Å². The van der Waals surface area contributed by atoms with Gasteiger partial charge in [-0.25, -0.2) is 0 Å². The van der Waals surface area contributed by atoms with E-state index in [4.69, 9.17) is 32.7 Å². The van der Waals surface area contributed by atoms with Crippen molar-refractivity contribution in [3.05, 3.63) is 106 Å². The molecule has 0 saturated carbocycles. The van der Waals surface area contributed by atoms with Gasteiger partial charge >= 0.3 is 0 Å². The van der Waals surface area contributed by atoms with Crippen LogP contribution < -0.4 is 20.1 Å². The number of amides is 2. The van der Waals surface area contributed by atoms with Gasteiger partial charge in [0.15, 0.2) is 0 Å². The lowest BCUT2D eigenvalue weighted by molar-refractivity contribution is 0.101. The second-order valence-electron chi connectivity index (χ2n) is 7.76. The van der Waals surface area contributed by atoms with Gasteiger partial charge in [0, 0.05) is 19.8 Å². The molecule has 0 spiro atoms. The van der Waals surface area contributed by atoms with E-state index in [1.54, 1.807) is 36.4 Å². The van der Waals surface area contributed by atoms with Gasteiger partial charge in [-0.15, -0.1) is 0 Å². The van der Waals surface area contributed by atoms with Crippen molar-refractivity contribution in [2.24, 2.45) is 0 Å². The predicted octanol–water partition coefficient (Wildman–Crippen LogP) is 8.31. The van der Waals surface area contributed by atoms with Crippen molar-refractivity contribution < 1.29 is 19.1 Å². The molecular weight excluding hydrogens is 563 g/mol. The number of halogens is 2. The Bertz CT molecular complexity index is 1370. The fourth-order valence-electron chi connectivity index (χ4n) is 3.47. The zero-order valence-corrected chi connectivity index (χ0v) is 23.4. The zero-order valence-electron chi connectivity index (χ0n) is 20.3. The minimum absolute atomic E-state index is 0.331. The third kappa shape index (κ3) is 6.76. The van der Waals surface area contributed by atoms with E-state index < -0.39 is 0 Å². The maximum atomic E-state index is 13.0. The lowest BCUT2D eigenvalue weighted by Crippen LogP contribution is -2.14. The molecule has 2 amide bonds. The summed E-state index contributed by atoms with van der Waals surface area (Å²) in [6.07, 6.45) is 0. The number of methoxy groups -OCH3 is 2. The van der Waals surface area contributed by atoms with Crippen molar-refractivity contribution in [1.29, 1.82) is 0 Å². The minimum Gasteiger partial charge on any atom is -0.496 e. The van der Waals surface area contributed by atoms with Gasteiger partial charge in [-0.05, 0) is 60.7 Å². The van der Waals surface area contributed by atoms with E-state index in [0.717, 1.165) is 9.79 Å². The van der Waals surface area contributed by atoms with Crippen molar-refractivity contribution >= 4 is 68.0 Å². The molecule has 0 fully saturated rings. The monoisotopic (exact) mass is 584 g/mol. The van der Waals surface area contributed by atoms with Gasteiger partial charge in [0.05, 0.1) is 36.7 Å². The highest BCUT2D eigenvalue weighted by Crippen LogP contribution is 2.44. The van der Waals surface area contributed by atoms with Crippen LogP contribution in [0.5, 0.6) is 11.5 Å². The largest absolute Gasteiger partial charge is 0.496 e. The van der Waals surface area contributed by atoms with Crippen molar-refractivity contribution in [3.8, 4) is 11.5 Å². The second kappa shape index (κ2) is 13.0. The second-order valence-corrected chi connectivity index (χ2v) is 10.8. The Labute approximate surface area is 238 Å². The third-order valence-electron chi connectivity index (χ3n) is 5.30. The van der Waals surface area contributed by atoms with Crippen LogP contribution in [0.25, 0.3) is 0 Å². The number of para-hydroxylation sites is 2. The van der Waals surface area contributed by atoms with Crippen LogP contribution in [0.2, 0.25) is 10.0 Å². The van der Waals surface area contributed by atoms with Gasteiger partial charge in [-0.1, -0.05) is 69.1 Å². The molecule has 0 aliphatic carbocycles. The number of anilines is 2. The summed E-state index contributed by atoms with van der Waals surface area (Å²) in [6, 6.07) is 24.6. The van der Waals surface area contributed by atoms with Gasteiger partial charge in [0.2, 0.25) is 0 Å². The number of rotatable bonds is 9. The normalized spacial score (nSPS) is 10.5. The SMILES string of the molecule is COc1ccc(Cl)cc1C(=O)Nc1ccccc1SSc1ccccc1NC(=O)c1cc(Cl)ccc1OC. The minimum atomic E-state index is -0.342. The molecule has 0 aromatic heterocycles. The Morgan fingerprint density at radius 2 is 1.03 bits per heavy atom. The first-order chi connectivity index (χ1) is 18.4. The molecule has 4 aromatic rings. The Morgan fingerprint density at radius 3 is 1.42 bits per heavy atom. The van der Waals surface area contributed by atoms with E-state index in [9.17, 15) is 9.59 Å². The van der Waals surface area contributed by atoms with Crippen LogP contribution in [-0.2, 0) is 0 Å². The van der Waals surface area contributed by atoms with Crippen LogP contribution in [0.3, 0.4) is 0 Å². The van der Waals surface area contributed by atoms with Crippen LogP contribution in [0.15, 0.2) is 94.7 Å². The topological polar surface area (TPSA) is 76.7 Å². The summed E-state index contributed by atoms with van der Waals surface area (Å²) in [5.41, 5.74) is 1.92. The predicted molar refractivity (Wildman–Crippen MR) is 157 cm³/mol. The van der Waals surface area contributed by atoms with Gasteiger partial charge in [0.1, 0.15) is 11.5 Å². The van der Waals surface area contributed by atoms with E-state index in [1.165, 1.54) is 35.8 Å². The molecule has 0 atom stereocenters. The number of carbonyl (C=O) groups is 2. The Morgan fingerprint density at radius 1 is 0.632 bits per heavy atom. The van der Waals surface area contributed by atoms with E-state index in [-0.39, 0.29) is 11.8 Å². The fourth-order valence-corrected chi connectivity index (χ4v) is 6.09. The number of hydrogen-bond donors (Lipinski definition) is 2. The number of ether oxygens (including phenoxy) is 2. The standard InChI is InChI=1S/C28H22Cl2N2O4S2/c1-35-23-13-11-17(29)15-19(23)27(33)31-21-7-3-5-9-25(21)37-38-26-10-6-4-8-22(26)32-28(34)20-16-18(30)12-14-24(20)36-2/h3-16H,1-2H3,(H,31,33)(H,32,34). The highest BCUT2D eigenvalue weighted by molar-refractivity contribution is 8.76. The van der Waals surface area contributed by atoms with E-state index in [0.29, 0.717) is 44.0 Å². The van der Waals surface area contributed by atoms with Crippen LogP contribution >= 0.6 is 44.8 Å². The Balaban J connectivity index is 1.51. The summed E-state index contributed by atoms with van der Waals surface area (Å²) in [7, 11) is 5.89. The van der Waals surface area contributed by atoms with Crippen LogP contribution in [0.4, 0.5) is 11.4 Å². The van der Waals surface area contributed by atoms with Gasteiger partial charge in [0.25, 0.3) is 11.8 Å². The van der Waals surface area contributed by atoms with Gasteiger partial charge < -0.3 is 20.1 Å². The van der Waals surface area contributed by atoms with Crippen LogP contribution in [0.1, 0.15) is 20.7 Å². The number of hydrogen-bond acceptors (Lipinski definition) is 6. The molecule has 10 heteroatoms.